The van der Waals surface area contributed by atoms with Crippen molar-refractivity contribution in [2.45, 2.75) is 6.61 Å². The molecule has 0 radical (unpaired) electrons. The summed E-state index contributed by atoms with van der Waals surface area (Å²) in [5.74, 6) is 1.56. The number of aromatic nitrogens is 2. The number of hydrogen-bond acceptors (Lipinski definition) is 6. The Labute approximate surface area is 180 Å². The van der Waals surface area contributed by atoms with Crippen molar-refractivity contribution in [3.8, 4) is 16.3 Å². The molecule has 5 rings (SSSR count). The average Bonchev–Trinajstić information content (AvgIpc) is 3.28. The molecule has 0 aliphatic carbocycles. The van der Waals surface area contributed by atoms with E-state index >= 15 is 0 Å². The van der Waals surface area contributed by atoms with Crippen LogP contribution in [-0.2, 0) is 6.61 Å². The first-order chi connectivity index (χ1) is 14.8. The normalized spacial score (nSPS) is 14.9. The first kappa shape index (κ1) is 19.0. The molecule has 1 fully saturated rings. The zero-order valence-corrected chi connectivity index (χ0v) is 17.8. The van der Waals surface area contributed by atoms with Gasteiger partial charge in [0.25, 0.3) is 0 Å². The van der Waals surface area contributed by atoms with Crippen molar-refractivity contribution in [1.29, 1.82) is 0 Å². The molecule has 152 valence electrons. The van der Waals surface area contributed by atoms with Crippen LogP contribution < -0.4 is 9.64 Å². The molecular formula is C24H24N4OS. The van der Waals surface area contributed by atoms with Crippen molar-refractivity contribution in [3.05, 3.63) is 72.6 Å². The van der Waals surface area contributed by atoms with E-state index in [2.05, 4.69) is 56.5 Å². The molecule has 1 aliphatic rings. The van der Waals surface area contributed by atoms with Gasteiger partial charge >= 0.3 is 0 Å². The molecule has 0 spiro atoms. The maximum absolute atomic E-state index is 6.06. The van der Waals surface area contributed by atoms with E-state index in [9.17, 15) is 0 Å². The van der Waals surface area contributed by atoms with Gasteiger partial charge in [-0.15, -0.1) is 0 Å². The average molecular weight is 417 g/mol. The van der Waals surface area contributed by atoms with Crippen LogP contribution in [0.1, 0.15) is 5.82 Å². The Morgan fingerprint density at radius 1 is 0.933 bits per heavy atom. The second-order valence-corrected chi connectivity index (χ2v) is 8.37. The fourth-order valence-corrected chi connectivity index (χ4v) is 4.48. The lowest BCUT2D eigenvalue weighted by atomic mass is 10.1. The summed E-state index contributed by atoms with van der Waals surface area (Å²) >= 11 is 1.41. The van der Waals surface area contributed by atoms with E-state index in [1.807, 2.05) is 36.4 Å². The molecule has 1 aromatic heterocycles. The molecule has 4 aromatic rings. The van der Waals surface area contributed by atoms with E-state index in [1.54, 1.807) is 0 Å². The minimum Gasteiger partial charge on any atom is -0.486 e. The van der Waals surface area contributed by atoms with Crippen molar-refractivity contribution >= 4 is 28.0 Å². The van der Waals surface area contributed by atoms with E-state index in [0.29, 0.717) is 12.4 Å². The Bertz CT molecular complexity index is 1140. The number of benzene rings is 3. The number of hydrogen-bond donors (Lipinski definition) is 0. The highest BCUT2D eigenvalue weighted by Crippen LogP contribution is 2.31. The minimum absolute atomic E-state index is 0.367. The highest BCUT2D eigenvalue weighted by molar-refractivity contribution is 7.09. The van der Waals surface area contributed by atoms with Gasteiger partial charge in [0.2, 0.25) is 0 Å². The first-order valence-corrected chi connectivity index (χ1v) is 11.0. The molecule has 6 heteroatoms. The SMILES string of the molecule is CN1CCN(c2cccc3ccc(OCc4nsc(-c5ccccc5)n4)cc23)CC1. The highest BCUT2D eigenvalue weighted by atomic mass is 32.1. The maximum atomic E-state index is 6.06. The van der Waals surface area contributed by atoms with Gasteiger partial charge in [0.1, 0.15) is 17.4 Å². The summed E-state index contributed by atoms with van der Waals surface area (Å²) in [5, 5.41) is 3.39. The lowest BCUT2D eigenvalue weighted by Crippen LogP contribution is -2.44. The number of piperazine rings is 1. The Balaban J connectivity index is 1.34. The number of nitrogens with zero attached hydrogens (tertiary/aromatic N) is 4. The zero-order chi connectivity index (χ0) is 20.3. The van der Waals surface area contributed by atoms with Gasteiger partial charge in [-0.25, -0.2) is 4.98 Å². The summed E-state index contributed by atoms with van der Waals surface area (Å²) < 4.78 is 10.5. The summed E-state index contributed by atoms with van der Waals surface area (Å²) in [6.07, 6.45) is 0. The smallest absolute Gasteiger partial charge is 0.180 e. The fourth-order valence-electron chi connectivity index (χ4n) is 3.81. The van der Waals surface area contributed by atoms with Gasteiger partial charge in [0.15, 0.2) is 5.82 Å². The first-order valence-electron chi connectivity index (χ1n) is 10.2. The molecule has 0 unspecified atom stereocenters. The van der Waals surface area contributed by atoms with Crippen LogP contribution in [0.25, 0.3) is 21.3 Å². The second kappa shape index (κ2) is 8.42. The lowest BCUT2D eigenvalue weighted by molar-refractivity contribution is 0.298. The highest BCUT2D eigenvalue weighted by Gasteiger charge is 2.16. The summed E-state index contributed by atoms with van der Waals surface area (Å²) in [4.78, 5) is 9.47. The van der Waals surface area contributed by atoms with Crippen molar-refractivity contribution in [3.63, 3.8) is 0 Å². The molecule has 0 N–H and O–H groups in total. The van der Waals surface area contributed by atoms with Crippen LogP contribution in [0, 0.1) is 0 Å². The third kappa shape index (κ3) is 4.01. The quantitative estimate of drug-likeness (QED) is 0.472. The second-order valence-electron chi connectivity index (χ2n) is 7.62. The van der Waals surface area contributed by atoms with E-state index in [1.165, 1.54) is 28.0 Å². The van der Waals surface area contributed by atoms with Gasteiger partial charge in [0.05, 0.1) is 0 Å². The standard InChI is InChI=1S/C24H24N4OS/c1-27-12-14-28(15-13-27)22-9-5-8-18-10-11-20(16-21(18)22)29-17-23-25-24(30-26-23)19-6-3-2-4-7-19/h2-11,16H,12-15,17H2,1H3. The van der Waals surface area contributed by atoms with E-state index < -0.39 is 0 Å². The van der Waals surface area contributed by atoms with Gasteiger partial charge in [-0.05, 0) is 42.2 Å². The number of likely N-dealkylation sites (N-methyl/N-ethyl adjacent to an activating group) is 1. The summed E-state index contributed by atoms with van der Waals surface area (Å²) in [6, 6.07) is 23.0. The monoisotopic (exact) mass is 416 g/mol. The predicted molar refractivity (Wildman–Crippen MR) is 123 cm³/mol. The van der Waals surface area contributed by atoms with Gasteiger partial charge in [0, 0.05) is 42.8 Å². The summed E-state index contributed by atoms with van der Waals surface area (Å²) in [7, 11) is 2.18. The molecule has 0 atom stereocenters. The molecule has 2 heterocycles. The van der Waals surface area contributed by atoms with Gasteiger partial charge in [-0.1, -0.05) is 48.5 Å². The molecule has 0 amide bonds. The van der Waals surface area contributed by atoms with Crippen LogP contribution in [0.15, 0.2) is 66.7 Å². The zero-order valence-electron chi connectivity index (χ0n) is 17.0. The maximum Gasteiger partial charge on any atom is 0.180 e. The largest absolute Gasteiger partial charge is 0.486 e. The number of anilines is 1. The Morgan fingerprint density at radius 2 is 1.77 bits per heavy atom. The Hall–Kier alpha value is -2.96. The third-order valence-corrected chi connectivity index (χ3v) is 6.33. The molecule has 0 bridgehead atoms. The van der Waals surface area contributed by atoms with E-state index in [0.717, 1.165) is 42.5 Å². The van der Waals surface area contributed by atoms with Crippen molar-refractivity contribution in [2.24, 2.45) is 0 Å². The van der Waals surface area contributed by atoms with Crippen LogP contribution >= 0.6 is 11.5 Å². The van der Waals surface area contributed by atoms with Crippen LogP contribution in [-0.4, -0.2) is 47.5 Å². The van der Waals surface area contributed by atoms with Crippen LogP contribution in [0.3, 0.4) is 0 Å². The minimum atomic E-state index is 0.367. The van der Waals surface area contributed by atoms with Crippen molar-refractivity contribution in [1.82, 2.24) is 14.3 Å². The molecule has 0 saturated carbocycles. The van der Waals surface area contributed by atoms with Crippen LogP contribution in [0.2, 0.25) is 0 Å². The van der Waals surface area contributed by atoms with Crippen LogP contribution in [0.5, 0.6) is 5.75 Å². The van der Waals surface area contributed by atoms with Crippen LogP contribution in [0.4, 0.5) is 5.69 Å². The number of ether oxygens (including phenoxy) is 1. The molecule has 1 saturated heterocycles. The van der Waals surface area contributed by atoms with Crippen molar-refractivity contribution < 1.29 is 4.74 Å². The number of fused-ring (bicyclic) bond motifs is 1. The molecule has 30 heavy (non-hydrogen) atoms. The topological polar surface area (TPSA) is 41.5 Å². The van der Waals surface area contributed by atoms with Gasteiger partial charge in [-0.3, -0.25) is 0 Å². The Morgan fingerprint density at radius 3 is 2.60 bits per heavy atom. The number of rotatable bonds is 5. The molecular weight excluding hydrogens is 392 g/mol. The summed E-state index contributed by atoms with van der Waals surface area (Å²) in [5.41, 5.74) is 2.37. The van der Waals surface area contributed by atoms with Crippen molar-refractivity contribution in [2.75, 3.05) is 38.1 Å². The fraction of sp³-hybridized carbons (Fsp3) is 0.250. The van der Waals surface area contributed by atoms with E-state index in [4.69, 9.17) is 4.74 Å². The molecule has 5 nitrogen and oxygen atoms in total. The van der Waals surface area contributed by atoms with Gasteiger partial charge < -0.3 is 14.5 Å². The summed E-state index contributed by atoms with van der Waals surface area (Å²) in [6.45, 7) is 4.64. The predicted octanol–water partition coefficient (Wildman–Crippen LogP) is 4.69. The molecule has 1 aliphatic heterocycles. The van der Waals surface area contributed by atoms with E-state index in [-0.39, 0.29) is 0 Å². The van der Waals surface area contributed by atoms with Gasteiger partial charge in [-0.2, -0.15) is 4.37 Å². The third-order valence-electron chi connectivity index (χ3n) is 5.53. The Kier molecular flexibility index (Phi) is 5.34. The lowest BCUT2D eigenvalue weighted by Gasteiger charge is -2.34. The molecule has 3 aromatic carbocycles.